The molecule has 0 saturated heterocycles. The molecule has 1 unspecified atom stereocenters. The molecule has 28 heavy (non-hydrogen) atoms. The Morgan fingerprint density at radius 1 is 1.11 bits per heavy atom. The number of amides is 1. The predicted octanol–water partition coefficient (Wildman–Crippen LogP) is 3.81. The molecule has 1 saturated carbocycles. The Balaban J connectivity index is 2.24. The summed E-state index contributed by atoms with van der Waals surface area (Å²) in [6.07, 6.45) is 9.24. The van der Waals surface area contributed by atoms with Gasteiger partial charge in [-0.2, -0.15) is 0 Å². The van der Waals surface area contributed by atoms with Crippen LogP contribution in [0, 0.1) is 11.8 Å². The lowest BCUT2D eigenvalue weighted by Gasteiger charge is -2.26. The summed E-state index contributed by atoms with van der Waals surface area (Å²) in [6.45, 7) is 8.13. The third-order valence-electron chi connectivity index (χ3n) is 5.60. The Morgan fingerprint density at radius 3 is 2.36 bits per heavy atom. The number of rotatable bonds is 13. The Labute approximate surface area is 170 Å². The van der Waals surface area contributed by atoms with Crippen LogP contribution in [0.5, 0.6) is 0 Å². The van der Waals surface area contributed by atoms with Crippen molar-refractivity contribution in [3.05, 3.63) is 0 Å². The van der Waals surface area contributed by atoms with Gasteiger partial charge in [0.2, 0.25) is 5.91 Å². The van der Waals surface area contributed by atoms with Crippen molar-refractivity contribution in [1.29, 1.82) is 0 Å². The Morgan fingerprint density at radius 2 is 1.79 bits per heavy atom. The zero-order valence-corrected chi connectivity index (χ0v) is 18.1. The molecule has 0 aliphatic heterocycles. The Hall–Kier alpha value is -1.43. The van der Waals surface area contributed by atoms with Crippen molar-refractivity contribution in [3.8, 4) is 0 Å². The number of esters is 1. The van der Waals surface area contributed by atoms with E-state index in [-0.39, 0.29) is 24.5 Å². The summed E-state index contributed by atoms with van der Waals surface area (Å²) in [5, 5.41) is 2.79. The van der Waals surface area contributed by atoms with Crippen LogP contribution in [0.3, 0.4) is 0 Å². The predicted molar refractivity (Wildman–Crippen MR) is 109 cm³/mol. The topological polar surface area (TPSA) is 81.7 Å². The van der Waals surface area contributed by atoms with Gasteiger partial charge in [0.1, 0.15) is 18.4 Å². The molecule has 1 amide bonds. The minimum atomic E-state index is -1.05. The van der Waals surface area contributed by atoms with Gasteiger partial charge in [0.25, 0.3) is 0 Å². The lowest BCUT2D eigenvalue weighted by molar-refractivity contribution is -0.154. The highest BCUT2D eigenvalue weighted by molar-refractivity contribution is 5.87. The molecule has 6 heteroatoms. The first-order valence-electron chi connectivity index (χ1n) is 10.9. The molecule has 0 aromatic rings. The van der Waals surface area contributed by atoms with E-state index in [9.17, 15) is 14.4 Å². The van der Waals surface area contributed by atoms with Crippen LogP contribution in [0.2, 0.25) is 0 Å². The quantitative estimate of drug-likeness (QED) is 0.290. The van der Waals surface area contributed by atoms with Gasteiger partial charge in [-0.05, 0) is 51.9 Å². The van der Waals surface area contributed by atoms with Crippen molar-refractivity contribution < 1.29 is 23.9 Å². The van der Waals surface area contributed by atoms with Crippen LogP contribution in [0.25, 0.3) is 0 Å². The van der Waals surface area contributed by atoms with Crippen molar-refractivity contribution >= 4 is 18.2 Å². The zero-order valence-electron chi connectivity index (χ0n) is 18.1. The van der Waals surface area contributed by atoms with E-state index in [2.05, 4.69) is 19.2 Å². The second-order valence-electron chi connectivity index (χ2n) is 8.45. The monoisotopic (exact) mass is 397 g/mol. The SMILES string of the molecule is CCCC(CC)CCC(=O)NC(C)(C)C(=O)OCCOC1CCC(C=O)CC1. The van der Waals surface area contributed by atoms with E-state index in [0.717, 1.165) is 57.7 Å². The third-order valence-corrected chi connectivity index (χ3v) is 5.60. The van der Waals surface area contributed by atoms with Crippen LogP contribution in [-0.4, -0.2) is 43.0 Å². The van der Waals surface area contributed by atoms with E-state index in [1.165, 1.54) is 0 Å². The summed E-state index contributed by atoms with van der Waals surface area (Å²) in [7, 11) is 0. The Bertz CT molecular complexity index is 483. The molecule has 0 aromatic heterocycles. The maximum absolute atomic E-state index is 12.3. The minimum Gasteiger partial charge on any atom is -0.462 e. The first kappa shape index (κ1) is 24.6. The first-order chi connectivity index (χ1) is 13.3. The van der Waals surface area contributed by atoms with Crippen LogP contribution >= 0.6 is 0 Å². The molecular formula is C22H39NO5. The first-order valence-corrected chi connectivity index (χ1v) is 10.9. The number of hydrogen-bond donors (Lipinski definition) is 1. The molecule has 1 atom stereocenters. The van der Waals surface area contributed by atoms with Crippen molar-refractivity contribution in [2.45, 2.75) is 97.1 Å². The zero-order chi connectivity index (χ0) is 21.0. The van der Waals surface area contributed by atoms with Crippen LogP contribution in [0.1, 0.15) is 85.5 Å². The van der Waals surface area contributed by atoms with Gasteiger partial charge in [0, 0.05) is 12.3 Å². The average molecular weight is 398 g/mol. The van der Waals surface area contributed by atoms with E-state index >= 15 is 0 Å². The summed E-state index contributed by atoms with van der Waals surface area (Å²) >= 11 is 0. The van der Waals surface area contributed by atoms with Gasteiger partial charge in [0.15, 0.2) is 0 Å². The van der Waals surface area contributed by atoms with E-state index in [1.54, 1.807) is 13.8 Å². The van der Waals surface area contributed by atoms with Crippen molar-refractivity contribution in [2.75, 3.05) is 13.2 Å². The highest BCUT2D eigenvalue weighted by Gasteiger charge is 2.31. The molecule has 6 nitrogen and oxygen atoms in total. The van der Waals surface area contributed by atoms with Crippen LogP contribution < -0.4 is 5.32 Å². The number of ether oxygens (including phenoxy) is 2. The number of carbonyl (C=O) groups excluding carboxylic acids is 3. The molecule has 0 heterocycles. The highest BCUT2D eigenvalue weighted by Crippen LogP contribution is 2.24. The fraction of sp³-hybridized carbons (Fsp3) is 0.864. The number of hydrogen-bond acceptors (Lipinski definition) is 5. The fourth-order valence-electron chi connectivity index (χ4n) is 3.68. The third kappa shape index (κ3) is 9.18. The molecule has 0 aromatic carbocycles. The number of nitrogens with one attached hydrogen (secondary N) is 1. The van der Waals surface area contributed by atoms with Crippen LogP contribution in [-0.2, 0) is 23.9 Å². The molecule has 162 valence electrons. The van der Waals surface area contributed by atoms with E-state index in [4.69, 9.17) is 9.47 Å². The fourth-order valence-corrected chi connectivity index (χ4v) is 3.68. The molecular weight excluding hydrogens is 358 g/mol. The molecule has 1 N–H and O–H groups in total. The summed E-state index contributed by atoms with van der Waals surface area (Å²) in [4.78, 5) is 35.3. The van der Waals surface area contributed by atoms with E-state index in [1.807, 2.05) is 0 Å². The van der Waals surface area contributed by atoms with Gasteiger partial charge >= 0.3 is 5.97 Å². The molecule has 0 spiro atoms. The highest BCUT2D eigenvalue weighted by atomic mass is 16.6. The summed E-state index contributed by atoms with van der Waals surface area (Å²) in [5.41, 5.74) is -1.05. The van der Waals surface area contributed by atoms with Crippen molar-refractivity contribution in [1.82, 2.24) is 5.32 Å². The largest absolute Gasteiger partial charge is 0.462 e. The standard InChI is InChI=1S/C22H39NO5/c1-5-7-17(6-2)10-13-20(25)23-22(3,4)21(26)28-15-14-27-19-11-8-18(16-24)9-12-19/h16-19H,5-15H2,1-4H3,(H,23,25). The maximum Gasteiger partial charge on any atom is 0.331 e. The Kier molecular flexibility index (Phi) is 11.4. The summed E-state index contributed by atoms with van der Waals surface area (Å²) in [5.74, 6) is 0.163. The van der Waals surface area contributed by atoms with Gasteiger partial charge in [0.05, 0.1) is 12.7 Å². The molecule has 0 radical (unpaired) electrons. The van der Waals surface area contributed by atoms with Gasteiger partial charge in [-0.3, -0.25) is 4.79 Å². The molecule has 1 aliphatic rings. The van der Waals surface area contributed by atoms with Gasteiger partial charge in [-0.25, -0.2) is 4.79 Å². The normalized spacial score (nSPS) is 21.0. The molecule has 1 rings (SSSR count). The van der Waals surface area contributed by atoms with Gasteiger partial charge in [-0.15, -0.1) is 0 Å². The molecule has 0 bridgehead atoms. The molecule has 1 aliphatic carbocycles. The lowest BCUT2D eigenvalue weighted by atomic mass is 9.88. The number of carbonyl (C=O) groups is 3. The van der Waals surface area contributed by atoms with Crippen molar-refractivity contribution in [2.24, 2.45) is 11.8 Å². The molecule has 1 fully saturated rings. The number of aldehydes is 1. The smallest absolute Gasteiger partial charge is 0.331 e. The summed E-state index contributed by atoms with van der Waals surface area (Å²) < 4.78 is 11.0. The van der Waals surface area contributed by atoms with Gasteiger partial charge in [-0.1, -0.05) is 33.1 Å². The maximum atomic E-state index is 12.3. The van der Waals surface area contributed by atoms with Crippen molar-refractivity contribution in [3.63, 3.8) is 0 Å². The minimum absolute atomic E-state index is 0.111. The second kappa shape index (κ2) is 12.9. The van der Waals surface area contributed by atoms with E-state index in [0.29, 0.717) is 18.9 Å². The average Bonchev–Trinajstić information content (AvgIpc) is 2.68. The van der Waals surface area contributed by atoms with Gasteiger partial charge < -0.3 is 19.6 Å². The van der Waals surface area contributed by atoms with Crippen LogP contribution in [0.15, 0.2) is 0 Å². The van der Waals surface area contributed by atoms with E-state index < -0.39 is 11.5 Å². The van der Waals surface area contributed by atoms with Crippen LogP contribution in [0.4, 0.5) is 0 Å². The lowest BCUT2D eigenvalue weighted by Crippen LogP contribution is -2.50. The second-order valence-corrected chi connectivity index (χ2v) is 8.45. The summed E-state index contributed by atoms with van der Waals surface area (Å²) in [6, 6.07) is 0.